The summed E-state index contributed by atoms with van der Waals surface area (Å²) < 4.78 is 29.9. The largest absolute Gasteiger partial charge is 0.434 e. The van der Waals surface area contributed by atoms with Crippen LogP contribution in [0.15, 0.2) is 65.1 Å². The van der Waals surface area contributed by atoms with Gasteiger partial charge in [-0.2, -0.15) is 13.9 Å². The number of amides is 2. The van der Waals surface area contributed by atoms with Crippen LogP contribution in [0.1, 0.15) is 6.42 Å². The first-order chi connectivity index (χ1) is 15.4. The van der Waals surface area contributed by atoms with Crippen molar-refractivity contribution in [1.82, 2.24) is 4.98 Å². The second-order valence-corrected chi connectivity index (χ2v) is 7.57. The predicted octanol–water partition coefficient (Wildman–Crippen LogP) is 3.47. The highest BCUT2D eigenvalue weighted by atomic mass is 32.1. The lowest BCUT2D eigenvalue weighted by molar-refractivity contribution is -0.119. The van der Waals surface area contributed by atoms with Gasteiger partial charge in [0.05, 0.1) is 11.4 Å². The maximum absolute atomic E-state index is 12.7. The molecule has 0 saturated heterocycles. The Balaban J connectivity index is 1.52. The molecule has 3 aromatic rings. The number of benzene rings is 2. The molecule has 2 amide bonds. The summed E-state index contributed by atoms with van der Waals surface area (Å²) in [7, 11) is 0. The molecular formula is C21H17F2N5O3S. The molecule has 1 unspecified atom stereocenters. The number of primary amides is 1. The summed E-state index contributed by atoms with van der Waals surface area (Å²) in [5, 5.41) is 10.2. The fourth-order valence-corrected chi connectivity index (χ4v) is 3.89. The zero-order valence-electron chi connectivity index (χ0n) is 16.4. The van der Waals surface area contributed by atoms with E-state index in [4.69, 9.17) is 5.73 Å². The van der Waals surface area contributed by atoms with Crippen molar-refractivity contribution >= 4 is 39.7 Å². The molecule has 8 nitrogen and oxygen atoms in total. The lowest BCUT2D eigenvalue weighted by atomic mass is 10.1. The van der Waals surface area contributed by atoms with Gasteiger partial charge in [0.15, 0.2) is 5.13 Å². The highest BCUT2D eigenvalue weighted by Crippen LogP contribution is 2.33. The number of halogens is 2. The first-order valence-electron chi connectivity index (χ1n) is 9.44. The number of carbonyl (C=O) groups excluding carboxylic acids is 2. The molecule has 0 radical (unpaired) electrons. The third kappa shape index (κ3) is 4.57. The van der Waals surface area contributed by atoms with E-state index in [9.17, 15) is 18.4 Å². The Morgan fingerprint density at radius 3 is 2.59 bits per heavy atom. The van der Waals surface area contributed by atoms with Crippen LogP contribution in [0.3, 0.4) is 0 Å². The molecule has 32 heavy (non-hydrogen) atoms. The lowest BCUT2D eigenvalue weighted by Crippen LogP contribution is -2.39. The van der Waals surface area contributed by atoms with Gasteiger partial charge in [-0.25, -0.2) is 4.98 Å². The SMILES string of the molecule is NC(=O)C1CC(C(=O)Nc2nc(-c3ccccc3OC(F)F)cs2)=NN1c1ccccc1. The van der Waals surface area contributed by atoms with Crippen LogP contribution in [0.2, 0.25) is 0 Å². The summed E-state index contributed by atoms with van der Waals surface area (Å²) in [6.45, 7) is -2.97. The molecule has 11 heteroatoms. The number of carbonyl (C=O) groups is 2. The summed E-state index contributed by atoms with van der Waals surface area (Å²) >= 11 is 1.12. The number of thiazole rings is 1. The maximum atomic E-state index is 12.7. The Labute approximate surface area is 185 Å². The Kier molecular flexibility index (Phi) is 6.08. The van der Waals surface area contributed by atoms with E-state index in [1.807, 2.05) is 6.07 Å². The second-order valence-electron chi connectivity index (χ2n) is 6.72. The summed E-state index contributed by atoms with van der Waals surface area (Å²) in [5.41, 5.74) is 6.99. The van der Waals surface area contributed by atoms with Gasteiger partial charge >= 0.3 is 6.61 Å². The van der Waals surface area contributed by atoms with E-state index in [2.05, 4.69) is 20.1 Å². The van der Waals surface area contributed by atoms with Gasteiger partial charge in [-0.1, -0.05) is 30.3 Å². The number of nitrogens with two attached hydrogens (primary N) is 1. The molecule has 1 atom stereocenters. The minimum atomic E-state index is -2.97. The van der Waals surface area contributed by atoms with Gasteiger partial charge < -0.3 is 10.5 Å². The van der Waals surface area contributed by atoms with Crippen molar-refractivity contribution in [3.8, 4) is 17.0 Å². The van der Waals surface area contributed by atoms with Crippen LogP contribution < -0.4 is 20.8 Å². The van der Waals surface area contributed by atoms with Crippen LogP contribution in [-0.4, -0.2) is 35.2 Å². The second kappa shape index (κ2) is 9.10. The molecule has 1 aliphatic rings. The van der Waals surface area contributed by atoms with Crippen molar-refractivity contribution in [3.05, 3.63) is 60.0 Å². The fourth-order valence-electron chi connectivity index (χ4n) is 3.19. The Hall–Kier alpha value is -3.86. The summed E-state index contributed by atoms with van der Waals surface area (Å²) in [5.74, 6) is -1.16. The molecule has 0 fully saturated rings. The monoisotopic (exact) mass is 457 g/mol. The van der Waals surface area contributed by atoms with Gasteiger partial charge in [-0.05, 0) is 24.3 Å². The van der Waals surface area contributed by atoms with Crippen molar-refractivity contribution in [2.24, 2.45) is 10.8 Å². The van der Waals surface area contributed by atoms with E-state index < -0.39 is 24.5 Å². The van der Waals surface area contributed by atoms with Crippen LogP contribution in [-0.2, 0) is 9.59 Å². The zero-order chi connectivity index (χ0) is 22.7. The minimum absolute atomic E-state index is 0.0198. The van der Waals surface area contributed by atoms with Gasteiger partial charge in [0.25, 0.3) is 5.91 Å². The summed E-state index contributed by atoms with van der Waals surface area (Å²) in [6, 6.07) is 14.4. The maximum Gasteiger partial charge on any atom is 0.387 e. The molecule has 1 aliphatic heterocycles. The average Bonchev–Trinajstić information content (AvgIpc) is 3.42. The smallest absolute Gasteiger partial charge is 0.387 e. The van der Waals surface area contributed by atoms with Gasteiger partial charge in [0.1, 0.15) is 17.5 Å². The fraction of sp³-hybridized carbons (Fsp3) is 0.143. The number of rotatable bonds is 7. The molecule has 0 spiro atoms. The zero-order valence-corrected chi connectivity index (χ0v) is 17.3. The van der Waals surface area contributed by atoms with Crippen LogP contribution in [0.25, 0.3) is 11.3 Å². The Morgan fingerprint density at radius 1 is 1.16 bits per heavy atom. The van der Waals surface area contributed by atoms with Crippen LogP contribution in [0.4, 0.5) is 19.6 Å². The van der Waals surface area contributed by atoms with E-state index in [0.29, 0.717) is 16.9 Å². The van der Waals surface area contributed by atoms with Gasteiger partial charge in [-0.3, -0.25) is 19.9 Å². The number of hydrazone groups is 1. The molecule has 2 aromatic carbocycles. The molecule has 0 bridgehead atoms. The number of ether oxygens (including phenoxy) is 1. The first-order valence-corrected chi connectivity index (χ1v) is 10.3. The molecule has 4 rings (SSSR count). The first kappa shape index (κ1) is 21.4. The third-order valence-electron chi connectivity index (χ3n) is 4.63. The van der Waals surface area contributed by atoms with E-state index in [1.54, 1.807) is 47.8 Å². The Morgan fingerprint density at radius 2 is 1.88 bits per heavy atom. The van der Waals surface area contributed by atoms with Crippen molar-refractivity contribution in [1.29, 1.82) is 0 Å². The summed E-state index contributed by atoms with van der Waals surface area (Å²) in [6.07, 6.45) is 0.0410. The highest BCUT2D eigenvalue weighted by molar-refractivity contribution is 7.14. The number of hydrogen-bond donors (Lipinski definition) is 2. The van der Waals surface area contributed by atoms with Crippen molar-refractivity contribution in [3.63, 3.8) is 0 Å². The van der Waals surface area contributed by atoms with Crippen molar-refractivity contribution < 1.29 is 23.1 Å². The predicted molar refractivity (Wildman–Crippen MR) is 117 cm³/mol. The van der Waals surface area contributed by atoms with Crippen LogP contribution in [0, 0.1) is 0 Å². The molecule has 164 valence electrons. The number of nitrogens with zero attached hydrogens (tertiary/aromatic N) is 3. The Bertz CT molecular complexity index is 1170. The van der Waals surface area contributed by atoms with E-state index in [-0.39, 0.29) is 23.0 Å². The quantitative estimate of drug-likeness (QED) is 0.565. The minimum Gasteiger partial charge on any atom is -0.434 e. The number of nitrogens with one attached hydrogen (secondary N) is 1. The molecule has 0 saturated carbocycles. The number of hydrogen-bond acceptors (Lipinski definition) is 7. The molecular weight excluding hydrogens is 440 g/mol. The third-order valence-corrected chi connectivity index (χ3v) is 5.38. The van der Waals surface area contributed by atoms with Gasteiger partial charge in [0, 0.05) is 17.4 Å². The van der Waals surface area contributed by atoms with E-state index in [1.165, 1.54) is 11.1 Å². The highest BCUT2D eigenvalue weighted by Gasteiger charge is 2.35. The van der Waals surface area contributed by atoms with Gasteiger partial charge in [0.2, 0.25) is 5.91 Å². The molecule has 2 heterocycles. The number of alkyl halides is 2. The summed E-state index contributed by atoms with van der Waals surface area (Å²) in [4.78, 5) is 28.9. The van der Waals surface area contributed by atoms with Crippen LogP contribution in [0.5, 0.6) is 5.75 Å². The van der Waals surface area contributed by atoms with Crippen molar-refractivity contribution in [2.75, 3.05) is 10.3 Å². The number of aromatic nitrogens is 1. The number of anilines is 2. The molecule has 3 N–H and O–H groups in total. The van der Waals surface area contributed by atoms with Crippen LogP contribution >= 0.6 is 11.3 Å². The lowest BCUT2D eigenvalue weighted by Gasteiger charge is -2.20. The average molecular weight is 457 g/mol. The molecule has 1 aromatic heterocycles. The van der Waals surface area contributed by atoms with Gasteiger partial charge in [-0.15, -0.1) is 11.3 Å². The van der Waals surface area contributed by atoms with Crippen molar-refractivity contribution in [2.45, 2.75) is 19.1 Å². The standard InChI is InChI=1S/C21H17F2N5O3S/c22-20(23)31-17-9-5-4-8-13(17)15-11-32-21(25-15)26-19(30)14-10-16(18(24)29)28(27-14)12-6-2-1-3-7-12/h1-9,11,16,20H,10H2,(H2,24,29)(H,25,26,30). The topological polar surface area (TPSA) is 110 Å². The number of para-hydroxylation sites is 2. The molecule has 0 aliphatic carbocycles. The van der Waals surface area contributed by atoms with E-state index >= 15 is 0 Å². The van der Waals surface area contributed by atoms with E-state index in [0.717, 1.165) is 11.3 Å². The normalized spacial score (nSPS) is 15.5.